The molecule has 0 unspecified atom stereocenters. The molecule has 0 fully saturated rings. The van der Waals surface area contributed by atoms with Crippen LogP contribution in [0.4, 0.5) is 0 Å². The van der Waals surface area contributed by atoms with E-state index in [9.17, 15) is 0 Å². The average Bonchev–Trinajstić information content (AvgIpc) is 2.82. The molecule has 0 bridgehead atoms. The molecule has 0 aliphatic rings. The molecule has 3 rings (SSSR count). The van der Waals surface area contributed by atoms with Gasteiger partial charge in [-0.15, -0.1) is 0 Å². The van der Waals surface area contributed by atoms with Crippen molar-refractivity contribution < 1.29 is 0 Å². The number of aromatic nitrogens is 2. The molecule has 1 heterocycles. The van der Waals surface area contributed by atoms with E-state index in [-0.39, 0.29) is 0 Å². The summed E-state index contributed by atoms with van der Waals surface area (Å²) < 4.78 is 0. The lowest BCUT2D eigenvalue weighted by Gasteiger charge is -2.02. The molecule has 1 aromatic heterocycles. The van der Waals surface area contributed by atoms with Crippen molar-refractivity contribution in [3.8, 4) is 0 Å². The molecular formula is C14H12N2. The zero-order chi connectivity index (χ0) is 10.8. The largest absolute Gasteiger partial charge is 0.348 e. The van der Waals surface area contributed by atoms with Crippen molar-refractivity contribution in [1.82, 2.24) is 9.97 Å². The Bertz CT molecular complexity index is 597. The number of hydrogen-bond acceptors (Lipinski definition) is 1. The van der Waals surface area contributed by atoms with Crippen LogP contribution in [0, 0.1) is 0 Å². The van der Waals surface area contributed by atoms with E-state index in [0.717, 1.165) is 12.1 Å². The quantitative estimate of drug-likeness (QED) is 0.688. The Morgan fingerprint density at radius 2 is 1.88 bits per heavy atom. The Balaban J connectivity index is 1.99. The molecule has 3 aromatic rings. The van der Waals surface area contributed by atoms with Crippen molar-refractivity contribution in [3.05, 3.63) is 66.2 Å². The van der Waals surface area contributed by atoms with Gasteiger partial charge in [-0.2, -0.15) is 0 Å². The molecule has 0 saturated carbocycles. The van der Waals surface area contributed by atoms with Crippen LogP contribution in [0.15, 0.2) is 55.0 Å². The monoisotopic (exact) mass is 208 g/mol. The molecule has 16 heavy (non-hydrogen) atoms. The maximum atomic E-state index is 4.03. The van der Waals surface area contributed by atoms with Crippen LogP contribution < -0.4 is 0 Å². The Morgan fingerprint density at radius 1 is 1.00 bits per heavy atom. The van der Waals surface area contributed by atoms with Crippen molar-refractivity contribution in [1.29, 1.82) is 0 Å². The van der Waals surface area contributed by atoms with E-state index in [1.807, 2.05) is 6.20 Å². The fraction of sp³-hybridized carbons (Fsp3) is 0.0714. The van der Waals surface area contributed by atoms with Gasteiger partial charge in [0.1, 0.15) is 0 Å². The molecule has 78 valence electrons. The van der Waals surface area contributed by atoms with Crippen LogP contribution in [-0.2, 0) is 6.42 Å². The number of aromatic amines is 1. The summed E-state index contributed by atoms with van der Waals surface area (Å²) in [4.78, 5) is 7.15. The van der Waals surface area contributed by atoms with E-state index in [0.29, 0.717) is 0 Å². The SMILES string of the molecule is c1ccc2cc(Cc3cnc[nH]3)ccc2c1. The summed E-state index contributed by atoms with van der Waals surface area (Å²) in [5.41, 5.74) is 2.46. The number of benzene rings is 2. The highest BCUT2D eigenvalue weighted by Crippen LogP contribution is 2.17. The van der Waals surface area contributed by atoms with Crippen LogP contribution >= 0.6 is 0 Å². The lowest BCUT2D eigenvalue weighted by molar-refractivity contribution is 1.11. The molecule has 0 amide bonds. The third-order valence-electron chi connectivity index (χ3n) is 2.76. The molecule has 2 nitrogen and oxygen atoms in total. The first-order chi connectivity index (χ1) is 7.92. The van der Waals surface area contributed by atoms with Crippen molar-refractivity contribution in [2.75, 3.05) is 0 Å². The summed E-state index contributed by atoms with van der Waals surface area (Å²) in [5.74, 6) is 0. The fourth-order valence-electron chi connectivity index (χ4n) is 1.95. The summed E-state index contributed by atoms with van der Waals surface area (Å²) >= 11 is 0. The third-order valence-corrected chi connectivity index (χ3v) is 2.76. The smallest absolute Gasteiger partial charge is 0.0921 e. The molecule has 0 radical (unpaired) electrons. The first-order valence-electron chi connectivity index (χ1n) is 5.37. The number of H-pyrrole nitrogens is 1. The summed E-state index contributed by atoms with van der Waals surface area (Å²) in [6.07, 6.45) is 4.50. The molecule has 0 aliphatic carbocycles. The molecular weight excluding hydrogens is 196 g/mol. The molecule has 0 atom stereocenters. The second kappa shape index (κ2) is 3.81. The third kappa shape index (κ3) is 1.70. The number of imidazole rings is 1. The molecule has 1 N–H and O–H groups in total. The van der Waals surface area contributed by atoms with E-state index in [1.54, 1.807) is 6.33 Å². The Kier molecular flexibility index (Phi) is 2.18. The number of nitrogens with zero attached hydrogens (tertiary/aromatic N) is 1. The van der Waals surface area contributed by atoms with Crippen LogP contribution in [0.5, 0.6) is 0 Å². The maximum Gasteiger partial charge on any atom is 0.0921 e. The van der Waals surface area contributed by atoms with Gasteiger partial charge in [0.15, 0.2) is 0 Å². The lowest BCUT2D eigenvalue weighted by Crippen LogP contribution is -1.87. The van der Waals surface area contributed by atoms with Gasteiger partial charge < -0.3 is 4.98 Å². The topological polar surface area (TPSA) is 28.7 Å². The minimum Gasteiger partial charge on any atom is -0.348 e. The minimum absolute atomic E-state index is 0.908. The summed E-state index contributed by atoms with van der Waals surface area (Å²) in [6, 6.07) is 15.0. The number of fused-ring (bicyclic) bond motifs is 1. The van der Waals surface area contributed by atoms with Gasteiger partial charge in [0.2, 0.25) is 0 Å². The van der Waals surface area contributed by atoms with Gasteiger partial charge in [0.05, 0.1) is 6.33 Å². The van der Waals surface area contributed by atoms with Crippen LogP contribution in [0.3, 0.4) is 0 Å². The van der Waals surface area contributed by atoms with Crippen LogP contribution in [0.1, 0.15) is 11.3 Å². The second-order valence-electron chi connectivity index (χ2n) is 3.94. The predicted octanol–water partition coefficient (Wildman–Crippen LogP) is 3.15. The molecule has 0 spiro atoms. The van der Waals surface area contributed by atoms with Gasteiger partial charge in [-0.25, -0.2) is 4.98 Å². The highest BCUT2D eigenvalue weighted by atomic mass is 14.9. The second-order valence-corrected chi connectivity index (χ2v) is 3.94. The molecule has 0 aliphatic heterocycles. The van der Waals surface area contributed by atoms with Gasteiger partial charge in [0.25, 0.3) is 0 Å². The van der Waals surface area contributed by atoms with Crippen LogP contribution in [-0.4, -0.2) is 9.97 Å². The van der Waals surface area contributed by atoms with E-state index >= 15 is 0 Å². The van der Waals surface area contributed by atoms with E-state index in [1.165, 1.54) is 16.3 Å². The van der Waals surface area contributed by atoms with Crippen LogP contribution in [0.25, 0.3) is 10.8 Å². The standard InChI is InChI=1S/C14H12N2/c1-2-4-13-7-11(5-6-12(13)3-1)8-14-9-15-10-16-14/h1-7,9-10H,8H2,(H,15,16). The molecule has 2 aromatic carbocycles. The van der Waals surface area contributed by atoms with Gasteiger partial charge in [0, 0.05) is 18.3 Å². The van der Waals surface area contributed by atoms with Crippen molar-refractivity contribution >= 4 is 10.8 Å². The van der Waals surface area contributed by atoms with Gasteiger partial charge in [-0.3, -0.25) is 0 Å². The summed E-state index contributed by atoms with van der Waals surface area (Å²) in [5, 5.41) is 2.58. The van der Waals surface area contributed by atoms with Crippen molar-refractivity contribution in [2.24, 2.45) is 0 Å². The van der Waals surface area contributed by atoms with Crippen molar-refractivity contribution in [3.63, 3.8) is 0 Å². The molecule has 2 heteroatoms. The zero-order valence-corrected chi connectivity index (χ0v) is 8.85. The Morgan fingerprint density at radius 3 is 2.69 bits per heavy atom. The first-order valence-corrected chi connectivity index (χ1v) is 5.37. The first kappa shape index (κ1) is 9.16. The summed E-state index contributed by atoms with van der Waals surface area (Å²) in [6.45, 7) is 0. The predicted molar refractivity (Wildman–Crippen MR) is 65.3 cm³/mol. The van der Waals surface area contributed by atoms with E-state index < -0.39 is 0 Å². The van der Waals surface area contributed by atoms with E-state index in [2.05, 4.69) is 52.4 Å². The Labute approximate surface area is 94.0 Å². The van der Waals surface area contributed by atoms with E-state index in [4.69, 9.17) is 0 Å². The maximum absolute atomic E-state index is 4.03. The highest BCUT2D eigenvalue weighted by molar-refractivity contribution is 5.83. The van der Waals surface area contributed by atoms with Gasteiger partial charge in [-0.1, -0.05) is 42.5 Å². The van der Waals surface area contributed by atoms with Gasteiger partial charge in [-0.05, 0) is 16.3 Å². The van der Waals surface area contributed by atoms with Gasteiger partial charge >= 0.3 is 0 Å². The highest BCUT2D eigenvalue weighted by Gasteiger charge is 1.98. The number of hydrogen-bond donors (Lipinski definition) is 1. The average molecular weight is 208 g/mol. The number of rotatable bonds is 2. The lowest BCUT2D eigenvalue weighted by atomic mass is 10.0. The minimum atomic E-state index is 0.908. The number of nitrogens with one attached hydrogen (secondary N) is 1. The Hall–Kier alpha value is -2.09. The molecule has 0 saturated heterocycles. The van der Waals surface area contributed by atoms with Crippen molar-refractivity contribution in [2.45, 2.75) is 6.42 Å². The van der Waals surface area contributed by atoms with Crippen LogP contribution in [0.2, 0.25) is 0 Å². The zero-order valence-electron chi connectivity index (χ0n) is 8.85. The normalized spacial score (nSPS) is 10.8. The fourth-order valence-corrected chi connectivity index (χ4v) is 1.95. The summed E-state index contributed by atoms with van der Waals surface area (Å²) in [7, 11) is 0.